The molecular formula is C14H21FN4O. The predicted molar refractivity (Wildman–Crippen MR) is 78.3 cm³/mol. The number of nitrogen functional groups attached to an aromatic ring is 1. The first-order valence-corrected chi connectivity index (χ1v) is 6.70. The maximum absolute atomic E-state index is 14.0. The summed E-state index contributed by atoms with van der Waals surface area (Å²) in [6.45, 7) is 1.77. The zero-order valence-electron chi connectivity index (χ0n) is 11.9. The van der Waals surface area contributed by atoms with Crippen LogP contribution in [0.1, 0.15) is 23.2 Å². The highest BCUT2D eigenvalue weighted by Gasteiger charge is 2.23. The van der Waals surface area contributed by atoms with E-state index in [1.54, 1.807) is 0 Å². The summed E-state index contributed by atoms with van der Waals surface area (Å²) in [5.41, 5.74) is 11.4. The Hall–Kier alpha value is -1.82. The van der Waals surface area contributed by atoms with Gasteiger partial charge in [-0.25, -0.2) is 4.39 Å². The van der Waals surface area contributed by atoms with Gasteiger partial charge in [-0.1, -0.05) is 0 Å². The van der Waals surface area contributed by atoms with Crippen molar-refractivity contribution < 1.29 is 9.18 Å². The molecule has 1 saturated heterocycles. The monoisotopic (exact) mass is 280 g/mol. The van der Waals surface area contributed by atoms with E-state index in [9.17, 15) is 9.18 Å². The quantitative estimate of drug-likeness (QED) is 0.808. The molecule has 0 aromatic heterocycles. The Bertz CT molecular complexity index is 520. The number of anilines is 2. The number of rotatable bonds is 4. The van der Waals surface area contributed by atoms with Crippen LogP contribution in [0.15, 0.2) is 12.1 Å². The Kier molecular flexibility index (Phi) is 4.13. The summed E-state index contributed by atoms with van der Waals surface area (Å²) in [4.78, 5) is 15.4. The third-order valence-electron chi connectivity index (χ3n) is 3.95. The lowest BCUT2D eigenvalue weighted by molar-refractivity contribution is 0.100. The minimum Gasteiger partial charge on any atom is -0.398 e. The van der Waals surface area contributed by atoms with Gasteiger partial charge in [0, 0.05) is 25.3 Å². The van der Waals surface area contributed by atoms with Crippen molar-refractivity contribution in [3.05, 3.63) is 23.5 Å². The van der Waals surface area contributed by atoms with E-state index in [0.717, 1.165) is 25.5 Å². The molecule has 1 aliphatic rings. The first-order chi connectivity index (χ1) is 9.40. The van der Waals surface area contributed by atoms with Crippen LogP contribution in [0.4, 0.5) is 15.8 Å². The molecule has 1 unspecified atom stereocenters. The second-order valence-electron chi connectivity index (χ2n) is 5.41. The van der Waals surface area contributed by atoms with Crippen LogP contribution in [-0.4, -0.2) is 44.0 Å². The van der Waals surface area contributed by atoms with Crippen molar-refractivity contribution >= 4 is 17.3 Å². The van der Waals surface area contributed by atoms with Gasteiger partial charge < -0.3 is 21.3 Å². The summed E-state index contributed by atoms with van der Waals surface area (Å²) in [6.07, 6.45) is 2.26. The summed E-state index contributed by atoms with van der Waals surface area (Å²) in [7, 11) is 3.88. The normalized spacial score (nSPS) is 19.2. The second kappa shape index (κ2) is 5.66. The minimum atomic E-state index is -0.643. The number of hydrogen-bond acceptors (Lipinski definition) is 4. The molecule has 5 nitrogen and oxygen atoms in total. The van der Waals surface area contributed by atoms with Gasteiger partial charge in [0.15, 0.2) is 0 Å². The Labute approximate surface area is 118 Å². The van der Waals surface area contributed by atoms with Gasteiger partial charge in [-0.15, -0.1) is 0 Å². The van der Waals surface area contributed by atoms with Gasteiger partial charge in [-0.05, 0) is 38.6 Å². The van der Waals surface area contributed by atoms with Gasteiger partial charge in [-0.2, -0.15) is 0 Å². The summed E-state index contributed by atoms with van der Waals surface area (Å²) in [6, 6.07) is 2.99. The molecule has 1 aliphatic heterocycles. The molecule has 1 atom stereocenters. The molecule has 110 valence electrons. The van der Waals surface area contributed by atoms with Gasteiger partial charge in [0.25, 0.3) is 5.91 Å². The number of nitrogens with two attached hydrogens (primary N) is 2. The van der Waals surface area contributed by atoms with Crippen LogP contribution in [0.3, 0.4) is 0 Å². The van der Waals surface area contributed by atoms with Gasteiger partial charge in [-0.3, -0.25) is 4.79 Å². The summed E-state index contributed by atoms with van der Waals surface area (Å²) >= 11 is 0. The summed E-state index contributed by atoms with van der Waals surface area (Å²) < 4.78 is 14.0. The van der Waals surface area contributed by atoms with Crippen molar-refractivity contribution in [1.82, 2.24) is 4.90 Å². The van der Waals surface area contributed by atoms with Crippen molar-refractivity contribution in [1.29, 1.82) is 0 Å². The number of hydrogen-bond donors (Lipinski definition) is 2. The molecule has 4 N–H and O–H groups in total. The van der Waals surface area contributed by atoms with E-state index < -0.39 is 11.7 Å². The number of carbonyl (C=O) groups excluding carboxylic acids is 1. The van der Waals surface area contributed by atoms with Gasteiger partial charge in [0.2, 0.25) is 0 Å². The smallest absolute Gasteiger partial charge is 0.250 e. The van der Waals surface area contributed by atoms with Crippen molar-refractivity contribution in [2.75, 3.05) is 37.8 Å². The first kappa shape index (κ1) is 14.6. The Morgan fingerprint density at radius 3 is 2.80 bits per heavy atom. The molecule has 6 heteroatoms. The van der Waals surface area contributed by atoms with E-state index in [1.807, 2.05) is 11.9 Å². The number of carbonyl (C=O) groups is 1. The SMILES string of the molecule is CN(CC1CCCN1C)c1cc(C(N)=O)c(N)cc1F. The molecule has 0 bridgehead atoms. The molecule has 2 rings (SSSR count). The molecule has 1 fully saturated rings. The van der Waals surface area contributed by atoms with Crippen LogP contribution >= 0.6 is 0 Å². The molecule has 0 radical (unpaired) electrons. The number of likely N-dealkylation sites (tertiary alicyclic amines) is 1. The maximum atomic E-state index is 14.0. The Morgan fingerprint density at radius 1 is 1.55 bits per heavy atom. The van der Waals surface area contributed by atoms with Crippen LogP contribution in [0, 0.1) is 5.82 Å². The average molecular weight is 280 g/mol. The average Bonchev–Trinajstić information content (AvgIpc) is 2.74. The van der Waals surface area contributed by atoms with Crippen molar-refractivity contribution in [3.63, 3.8) is 0 Å². The van der Waals surface area contributed by atoms with Crippen LogP contribution < -0.4 is 16.4 Å². The molecule has 0 saturated carbocycles. The molecule has 0 spiro atoms. The van der Waals surface area contributed by atoms with E-state index in [0.29, 0.717) is 18.3 Å². The lowest BCUT2D eigenvalue weighted by atomic mass is 10.1. The zero-order valence-corrected chi connectivity index (χ0v) is 11.9. The third kappa shape index (κ3) is 2.85. The van der Waals surface area contributed by atoms with Crippen LogP contribution in [0.2, 0.25) is 0 Å². The van der Waals surface area contributed by atoms with E-state index in [2.05, 4.69) is 11.9 Å². The van der Waals surface area contributed by atoms with Gasteiger partial charge in [0.05, 0.1) is 11.3 Å². The molecule has 1 amide bonds. The van der Waals surface area contributed by atoms with Gasteiger partial charge >= 0.3 is 0 Å². The number of primary amides is 1. The fourth-order valence-electron chi connectivity index (χ4n) is 2.71. The van der Waals surface area contributed by atoms with Gasteiger partial charge in [0.1, 0.15) is 5.82 Å². The highest BCUT2D eigenvalue weighted by Crippen LogP contribution is 2.26. The van der Waals surface area contributed by atoms with Crippen molar-refractivity contribution in [3.8, 4) is 0 Å². The summed E-state index contributed by atoms with van der Waals surface area (Å²) in [5, 5.41) is 0. The van der Waals surface area contributed by atoms with E-state index in [4.69, 9.17) is 11.5 Å². The van der Waals surface area contributed by atoms with Crippen LogP contribution in [0.25, 0.3) is 0 Å². The number of benzene rings is 1. The van der Waals surface area contributed by atoms with E-state index in [-0.39, 0.29) is 11.3 Å². The first-order valence-electron chi connectivity index (χ1n) is 6.70. The summed E-state index contributed by atoms with van der Waals surface area (Å²) in [5.74, 6) is -1.08. The number of amides is 1. The fraction of sp³-hybridized carbons (Fsp3) is 0.500. The molecular weight excluding hydrogens is 259 g/mol. The molecule has 20 heavy (non-hydrogen) atoms. The van der Waals surface area contributed by atoms with Crippen molar-refractivity contribution in [2.24, 2.45) is 5.73 Å². The lowest BCUT2D eigenvalue weighted by Crippen LogP contribution is -2.37. The van der Waals surface area contributed by atoms with Crippen LogP contribution in [-0.2, 0) is 0 Å². The van der Waals surface area contributed by atoms with E-state index >= 15 is 0 Å². The van der Waals surface area contributed by atoms with Crippen LogP contribution in [0.5, 0.6) is 0 Å². The molecule has 0 aliphatic carbocycles. The predicted octanol–water partition coefficient (Wildman–Crippen LogP) is 1.04. The largest absolute Gasteiger partial charge is 0.398 e. The van der Waals surface area contributed by atoms with Crippen molar-refractivity contribution in [2.45, 2.75) is 18.9 Å². The highest BCUT2D eigenvalue weighted by molar-refractivity contribution is 5.99. The Balaban J connectivity index is 2.22. The lowest BCUT2D eigenvalue weighted by Gasteiger charge is -2.28. The molecule has 1 aromatic rings. The van der Waals surface area contributed by atoms with E-state index in [1.165, 1.54) is 6.07 Å². The third-order valence-corrected chi connectivity index (χ3v) is 3.95. The standard InChI is InChI=1S/C14H21FN4O/c1-18-5-3-4-9(18)8-19(2)13-6-10(14(17)20)12(16)7-11(13)15/h6-7,9H,3-5,8,16H2,1-2H3,(H2,17,20). The molecule has 1 heterocycles. The second-order valence-corrected chi connectivity index (χ2v) is 5.41. The number of likely N-dealkylation sites (N-methyl/N-ethyl adjacent to an activating group) is 2. The zero-order chi connectivity index (χ0) is 14.9. The highest BCUT2D eigenvalue weighted by atomic mass is 19.1. The number of halogens is 1. The fourth-order valence-corrected chi connectivity index (χ4v) is 2.71. The minimum absolute atomic E-state index is 0.0742. The topological polar surface area (TPSA) is 75.6 Å². The number of nitrogens with zero attached hydrogens (tertiary/aromatic N) is 2. The molecule has 1 aromatic carbocycles. The maximum Gasteiger partial charge on any atom is 0.250 e. The Morgan fingerprint density at radius 2 is 2.25 bits per heavy atom.